The van der Waals surface area contributed by atoms with Gasteiger partial charge in [0.15, 0.2) is 11.2 Å². The third-order valence-corrected chi connectivity index (χ3v) is 3.30. The molecule has 0 fully saturated rings. The highest BCUT2D eigenvalue weighted by molar-refractivity contribution is 5.93. The molecule has 0 aliphatic rings. The zero-order valence-electron chi connectivity index (χ0n) is 14.8. The molecule has 7 nitrogen and oxygen atoms in total. The molecule has 0 radical (unpaired) electrons. The number of nitrogens with one attached hydrogen (secondary N) is 1. The molecule has 1 N–H and O–H groups in total. The van der Waals surface area contributed by atoms with Gasteiger partial charge >= 0.3 is 6.09 Å². The second-order valence-electron chi connectivity index (χ2n) is 6.63. The standard InChI is InChI=1S/C18H22N2O5/c1-18(2,3)25-17(23)20(4)10-9-19-16(22)15-11-13(21)12-7-5-6-8-14(12)24-15/h5-8,11H,9-10H2,1-4H3,(H,19,22). The molecule has 2 amide bonds. The number of hydrogen-bond acceptors (Lipinski definition) is 5. The zero-order chi connectivity index (χ0) is 18.6. The van der Waals surface area contributed by atoms with Crippen LogP contribution in [-0.4, -0.2) is 42.6 Å². The number of likely N-dealkylation sites (N-methyl/N-ethyl adjacent to an activating group) is 1. The maximum atomic E-state index is 12.1. The summed E-state index contributed by atoms with van der Waals surface area (Å²) in [6, 6.07) is 7.88. The Morgan fingerprint density at radius 3 is 2.60 bits per heavy atom. The summed E-state index contributed by atoms with van der Waals surface area (Å²) in [5, 5.41) is 3.04. The van der Waals surface area contributed by atoms with Crippen molar-refractivity contribution in [3.8, 4) is 0 Å². The third-order valence-electron chi connectivity index (χ3n) is 3.30. The Labute approximate surface area is 145 Å². The largest absolute Gasteiger partial charge is 0.451 e. The Bertz CT molecular complexity index is 835. The van der Waals surface area contributed by atoms with Crippen molar-refractivity contribution >= 4 is 23.0 Å². The average Bonchev–Trinajstić information content (AvgIpc) is 2.53. The molecular weight excluding hydrogens is 324 g/mol. The monoisotopic (exact) mass is 346 g/mol. The molecule has 1 aromatic heterocycles. The van der Waals surface area contributed by atoms with Gasteiger partial charge in [-0.05, 0) is 32.9 Å². The van der Waals surface area contributed by atoms with E-state index in [4.69, 9.17) is 9.15 Å². The maximum Gasteiger partial charge on any atom is 0.410 e. The first kappa shape index (κ1) is 18.5. The summed E-state index contributed by atoms with van der Waals surface area (Å²) < 4.78 is 10.7. The van der Waals surface area contributed by atoms with Crippen LogP contribution in [0.15, 0.2) is 39.5 Å². The minimum absolute atomic E-state index is 0.0661. The van der Waals surface area contributed by atoms with Crippen LogP contribution in [0.2, 0.25) is 0 Å². The van der Waals surface area contributed by atoms with Gasteiger partial charge in [-0.25, -0.2) is 4.79 Å². The van der Waals surface area contributed by atoms with E-state index in [9.17, 15) is 14.4 Å². The number of rotatable bonds is 4. The number of fused-ring (bicyclic) bond motifs is 1. The number of amides is 2. The molecule has 0 bridgehead atoms. The number of benzene rings is 1. The SMILES string of the molecule is CN(CCNC(=O)c1cc(=O)c2ccccc2o1)C(=O)OC(C)(C)C. The van der Waals surface area contributed by atoms with Crippen LogP contribution in [0.5, 0.6) is 0 Å². The van der Waals surface area contributed by atoms with E-state index < -0.39 is 17.6 Å². The topological polar surface area (TPSA) is 88.9 Å². The fourth-order valence-electron chi connectivity index (χ4n) is 2.07. The molecule has 1 aromatic carbocycles. The normalized spacial score (nSPS) is 11.2. The molecule has 25 heavy (non-hydrogen) atoms. The van der Waals surface area contributed by atoms with Crippen molar-refractivity contribution in [1.29, 1.82) is 0 Å². The summed E-state index contributed by atoms with van der Waals surface area (Å²) in [5.74, 6) is -0.580. The Morgan fingerprint density at radius 2 is 1.92 bits per heavy atom. The molecule has 134 valence electrons. The lowest BCUT2D eigenvalue weighted by molar-refractivity contribution is 0.0299. The van der Waals surface area contributed by atoms with Crippen molar-refractivity contribution in [3.05, 3.63) is 46.3 Å². The Kier molecular flexibility index (Phi) is 5.46. The van der Waals surface area contributed by atoms with Gasteiger partial charge in [0.05, 0.1) is 5.39 Å². The van der Waals surface area contributed by atoms with Crippen molar-refractivity contribution < 1.29 is 18.7 Å². The number of hydrogen-bond donors (Lipinski definition) is 1. The van der Waals surface area contributed by atoms with Crippen LogP contribution < -0.4 is 10.7 Å². The van der Waals surface area contributed by atoms with Gasteiger partial charge in [0.25, 0.3) is 5.91 Å². The molecule has 0 aliphatic carbocycles. The van der Waals surface area contributed by atoms with E-state index in [1.54, 1.807) is 52.1 Å². The molecule has 2 aromatic rings. The van der Waals surface area contributed by atoms with E-state index >= 15 is 0 Å². The Balaban J connectivity index is 1.95. The second kappa shape index (κ2) is 7.38. The van der Waals surface area contributed by atoms with E-state index in [0.717, 1.165) is 6.07 Å². The van der Waals surface area contributed by atoms with Crippen molar-refractivity contribution in [3.63, 3.8) is 0 Å². The highest BCUT2D eigenvalue weighted by Gasteiger charge is 2.19. The van der Waals surface area contributed by atoms with Crippen LogP contribution in [0.1, 0.15) is 31.3 Å². The molecule has 1 heterocycles. The average molecular weight is 346 g/mol. The third kappa shape index (κ3) is 5.07. The maximum absolute atomic E-state index is 12.1. The van der Waals surface area contributed by atoms with Crippen LogP contribution >= 0.6 is 0 Å². The molecule has 7 heteroatoms. The lowest BCUT2D eigenvalue weighted by Crippen LogP contribution is -2.39. The van der Waals surface area contributed by atoms with Crippen molar-refractivity contribution in [2.24, 2.45) is 0 Å². The zero-order valence-corrected chi connectivity index (χ0v) is 14.8. The summed E-state index contributed by atoms with van der Waals surface area (Å²) in [6.07, 6.45) is -0.473. The van der Waals surface area contributed by atoms with Gasteiger partial charge in [0.1, 0.15) is 11.2 Å². The van der Waals surface area contributed by atoms with E-state index in [0.29, 0.717) is 11.0 Å². The number of nitrogens with zero attached hydrogens (tertiary/aromatic N) is 1. The Hall–Kier alpha value is -2.83. The van der Waals surface area contributed by atoms with Crippen molar-refractivity contribution in [1.82, 2.24) is 10.2 Å². The molecule has 0 spiro atoms. The first-order valence-electron chi connectivity index (χ1n) is 7.92. The number of para-hydroxylation sites is 1. The fraction of sp³-hybridized carbons (Fsp3) is 0.389. The van der Waals surface area contributed by atoms with Crippen molar-refractivity contribution in [2.75, 3.05) is 20.1 Å². The molecular formula is C18H22N2O5. The summed E-state index contributed by atoms with van der Waals surface area (Å²) in [7, 11) is 1.58. The first-order chi connectivity index (χ1) is 11.7. The van der Waals surface area contributed by atoms with E-state index in [1.807, 2.05) is 0 Å². The van der Waals surface area contributed by atoms with Gasteiger partial charge < -0.3 is 19.4 Å². The van der Waals surface area contributed by atoms with Crippen LogP contribution in [-0.2, 0) is 4.74 Å². The van der Waals surface area contributed by atoms with Gasteiger partial charge in [-0.1, -0.05) is 12.1 Å². The smallest absolute Gasteiger partial charge is 0.410 e. The summed E-state index contributed by atoms with van der Waals surface area (Å²) in [5.41, 5.74) is -0.507. The van der Waals surface area contributed by atoms with Gasteiger partial charge in [-0.2, -0.15) is 0 Å². The summed E-state index contributed by atoms with van der Waals surface area (Å²) in [6.45, 7) is 5.80. The quantitative estimate of drug-likeness (QED) is 0.918. The molecule has 0 aliphatic heterocycles. The minimum atomic E-state index is -0.580. The van der Waals surface area contributed by atoms with E-state index in [1.165, 1.54) is 4.90 Å². The predicted octanol–water partition coefficient (Wildman–Crippen LogP) is 2.39. The Morgan fingerprint density at radius 1 is 1.24 bits per heavy atom. The van der Waals surface area contributed by atoms with Crippen LogP contribution in [0.4, 0.5) is 4.79 Å². The number of carbonyl (C=O) groups is 2. The van der Waals surface area contributed by atoms with Gasteiger partial charge in [0.2, 0.25) is 0 Å². The second-order valence-corrected chi connectivity index (χ2v) is 6.63. The number of carbonyl (C=O) groups excluding carboxylic acids is 2. The van der Waals surface area contributed by atoms with Gasteiger partial charge in [-0.15, -0.1) is 0 Å². The van der Waals surface area contributed by atoms with Crippen LogP contribution in [0.3, 0.4) is 0 Å². The van der Waals surface area contributed by atoms with Crippen LogP contribution in [0, 0.1) is 0 Å². The van der Waals surface area contributed by atoms with Gasteiger partial charge in [-0.3, -0.25) is 9.59 Å². The van der Waals surface area contributed by atoms with Crippen LogP contribution in [0.25, 0.3) is 11.0 Å². The predicted molar refractivity (Wildman–Crippen MR) is 93.7 cm³/mol. The van der Waals surface area contributed by atoms with Gasteiger partial charge in [0, 0.05) is 26.2 Å². The lowest BCUT2D eigenvalue weighted by Gasteiger charge is -2.24. The molecule has 2 rings (SSSR count). The fourth-order valence-corrected chi connectivity index (χ4v) is 2.07. The summed E-state index contributed by atoms with van der Waals surface area (Å²) >= 11 is 0. The van der Waals surface area contributed by atoms with Crippen molar-refractivity contribution in [2.45, 2.75) is 26.4 Å². The van der Waals surface area contributed by atoms with E-state index in [2.05, 4.69) is 5.32 Å². The highest BCUT2D eigenvalue weighted by atomic mass is 16.6. The lowest BCUT2D eigenvalue weighted by atomic mass is 10.2. The molecule has 0 unspecified atom stereocenters. The molecule has 0 saturated carbocycles. The first-order valence-corrected chi connectivity index (χ1v) is 7.92. The highest BCUT2D eigenvalue weighted by Crippen LogP contribution is 2.11. The summed E-state index contributed by atoms with van der Waals surface area (Å²) in [4.78, 5) is 37.3. The van der Waals surface area contributed by atoms with E-state index in [-0.39, 0.29) is 24.3 Å². The molecule has 0 saturated heterocycles. The minimum Gasteiger partial charge on any atom is -0.451 e. The number of ether oxygens (including phenoxy) is 1. The molecule has 0 atom stereocenters.